The third-order valence-corrected chi connectivity index (χ3v) is 3.22. The summed E-state index contributed by atoms with van der Waals surface area (Å²) in [4.78, 5) is 23.9. The van der Waals surface area contributed by atoms with Crippen LogP contribution in [0.4, 0.5) is 5.69 Å². The molecule has 6 heteroatoms. The van der Waals surface area contributed by atoms with Crippen LogP contribution in [0.25, 0.3) is 0 Å². The quantitative estimate of drug-likeness (QED) is 0.600. The van der Waals surface area contributed by atoms with Crippen molar-refractivity contribution in [2.75, 3.05) is 13.1 Å². The molecule has 1 amide bonds. The van der Waals surface area contributed by atoms with Gasteiger partial charge in [0.15, 0.2) is 0 Å². The minimum atomic E-state index is -0.499. The van der Waals surface area contributed by atoms with Gasteiger partial charge in [-0.1, -0.05) is 0 Å². The van der Waals surface area contributed by atoms with Crippen molar-refractivity contribution in [1.29, 1.82) is 5.26 Å². The summed E-state index contributed by atoms with van der Waals surface area (Å²) in [7, 11) is 0. The van der Waals surface area contributed by atoms with E-state index in [2.05, 4.69) is 6.07 Å². The molecule has 0 aromatic heterocycles. The molecular weight excluding hydrogens is 246 g/mol. The van der Waals surface area contributed by atoms with Gasteiger partial charge in [-0.05, 0) is 25.0 Å². The molecule has 0 radical (unpaired) electrons. The summed E-state index contributed by atoms with van der Waals surface area (Å²) >= 11 is 0. The summed E-state index contributed by atoms with van der Waals surface area (Å²) in [5.74, 6) is -0.286. The van der Waals surface area contributed by atoms with Crippen LogP contribution in [0, 0.1) is 27.4 Å². The lowest BCUT2D eigenvalue weighted by Gasteiger charge is -2.29. The SMILES string of the molecule is N#CC1CCCN(C(=O)c2ccc([N+](=O)[O-])cc2)C1. The molecule has 1 heterocycles. The molecule has 98 valence electrons. The fraction of sp³-hybridized carbons (Fsp3) is 0.385. The fourth-order valence-electron chi connectivity index (χ4n) is 2.18. The molecule has 1 aromatic rings. The van der Waals surface area contributed by atoms with E-state index in [-0.39, 0.29) is 17.5 Å². The third-order valence-electron chi connectivity index (χ3n) is 3.22. The second-order valence-corrected chi connectivity index (χ2v) is 4.52. The third kappa shape index (κ3) is 2.88. The van der Waals surface area contributed by atoms with Gasteiger partial charge in [0.2, 0.25) is 0 Å². The van der Waals surface area contributed by atoms with Gasteiger partial charge < -0.3 is 4.90 Å². The second kappa shape index (κ2) is 5.48. The van der Waals surface area contributed by atoms with E-state index >= 15 is 0 Å². The molecule has 2 rings (SSSR count). The number of rotatable bonds is 2. The number of hydrogen-bond donors (Lipinski definition) is 0. The summed E-state index contributed by atoms with van der Waals surface area (Å²) in [5.41, 5.74) is 0.384. The van der Waals surface area contributed by atoms with Crippen LogP contribution < -0.4 is 0 Å². The van der Waals surface area contributed by atoms with E-state index in [1.54, 1.807) is 4.90 Å². The van der Waals surface area contributed by atoms with E-state index in [0.29, 0.717) is 18.7 Å². The Morgan fingerprint density at radius 2 is 2.11 bits per heavy atom. The molecule has 1 aromatic carbocycles. The molecule has 1 aliphatic rings. The van der Waals surface area contributed by atoms with E-state index in [1.807, 2.05) is 0 Å². The number of nitriles is 1. The van der Waals surface area contributed by atoms with Crippen LogP contribution in [0.15, 0.2) is 24.3 Å². The second-order valence-electron chi connectivity index (χ2n) is 4.52. The first kappa shape index (κ1) is 13.0. The van der Waals surface area contributed by atoms with Crippen LogP contribution in [0.3, 0.4) is 0 Å². The van der Waals surface area contributed by atoms with Gasteiger partial charge in [-0.2, -0.15) is 5.26 Å². The van der Waals surface area contributed by atoms with Crippen LogP contribution in [0.1, 0.15) is 23.2 Å². The van der Waals surface area contributed by atoms with Crippen molar-refractivity contribution in [2.45, 2.75) is 12.8 Å². The molecule has 0 spiro atoms. The molecular formula is C13H13N3O3. The van der Waals surface area contributed by atoms with Crippen molar-refractivity contribution < 1.29 is 9.72 Å². The van der Waals surface area contributed by atoms with Crippen LogP contribution >= 0.6 is 0 Å². The number of benzene rings is 1. The van der Waals surface area contributed by atoms with Crippen LogP contribution in [-0.4, -0.2) is 28.8 Å². The summed E-state index contributed by atoms with van der Waals surface area (Å²) in [6.45, 7) is 1.07. The maximum absolute atomic E-state index is 12.2. The monoisotopic (exact) mass is 259 g/mol. The summed E-state index contributed by atoms with van der Waals surface area (Å²) < 4.78 is 0. The number of nitro benzene ring substituents is 1. The number of nitrogens with zero attached hydrogens (tertiary/aromatic N) is 3. The summed E-state index contributed by atoms with van der Waals surface area (Å²) in [6.07, 6.45) is 1.64. The number of carbonyl (C=O) groups excluding carboxylic acids is 1. The Morgan fingerprint density at radius 3 is 2.68 bits per heavy atom. The van der Waals surface area contributed by atoms with E-state index < -0.39 is 4.92 Å². The summed E-state index contributed by atoms with van der Waals surface area (Å²) in [6, 6.07) is 7.73. The van der Waals surface area contributed by atoms with Crippen LogP contribution in [-0.2, 0) is 0 Å². The molecule has 1 saturated heterocycles. The zero-order valence-electron chi connectivity index (χ0n) is 10.3. The minimum Gasteiger partial charge on any atom is -0.337 e. The lowest BCUT2D eigenvalue weighted by Crippen LogP contribution is -2.39. The van der Waals surface area contributed by atoms with Crippen LogP contribution in [0.5, 0.6) is 0 Å². The van der Waals surface area contributed by atoms with Gasteiger partial charge in [-0.25, -0.2) is 0 Å². The topological polar surface area (TPSA) is 87.2 Å². The van der Waals surface area contributed by atoms with E-state index in [1.165, 1.54) is 24.3 Å². The number of nitro groups is 1. The average molecular weight is 259 g/mol. The average Bonchev–Trinajstić information content (AvgIpc) is 2.46. The van der Waals surface area contributed by atoms with Gasteiger partial charge >= 0.3 is 0 Å². The number of amides is 1. The largest absolute Gasteiger partial charge is 0.337 e. The van der Waals surface area contributed by atoms with Gasteiger partial charge in [0.1, 0.15) is 0 Å². The molecule has 0 N–H and O–H groups in total. The standard InChI is InChI=1S/C13H13N3O3/c14-8-10-2-1-7-15(9-10)13(17)11-3-5-12(6-4-11)16(18)19/h3-6,10H,1-2,7,9H2. The maximum Gasteiger partial charge on any atom is 0.269 e. The number of hydrogen-bond acceptors (Lipinski definition) is 4. The Balaban J connectivity index is 2.11. The van der Waals surface area contributed by atoms with E-state index in [4.69, 9.17) is 5.26 Å². The number of likely N-dealkylation sites (tertiary alicyclic amines) is 1. The van der Waals surface area contributed by atoms with Gasteiger partial charge in [0.05, 0.1) is 16.9 Å². The molecule has 1 unspecified atom stereocenters. The minimum absolute atomic E-state index is 0.0369. The van der Waals surface area contributed by atoms with E-state index in [0.717, 1.165) is 12.8 Å². The molecule has 1 aliphatic heterocycles. The Hall–Kier alpha value is -2.42. The lowest BCUT2D eigenvalue weighted by molar-refractivity contribution is -0.384. The molecule has 1 fully saturated rings. The maximum atomic E-state index is 12.2. The van der Waals surface area contributed by atoms with Gasteiger partial charge in [-0.3, -0.25) is 14.9 Å². The van der Waals surface area contributed by atoms with E-state index in [9.17, 15) is 14.9 Å². The number of carbonyl (C=O) groups is 1. The van der Waals surface area contributed by atoms with Crippen molar-refractivity contribution in [2.24, 2.45) is 5.92 Å². The predicted molar refractivity (Wildman–Crippen MR) is 67.3 cm³/mol. The Morgan fingerprint density at radius 1 is 1.42 bits per heavy atom. The molecule has 6 nitrogen and oxygen atoms in total. The molecule has 0 saturated carbocycles. The van der Waals surface area contributed by atoms with Crippen molar-refractivity contribution in [3.05, 3.63) is 39.9 Å². The zero-order chi connectivity index (χ0) is 13.8. The first-order valence-corrected chi connectivity index (χ1v) is 6.05. The molecule has 0 aliphatic carbocycles. The first-order valence-electron chi connectivity index (χ1n) is 6.05. The lowest BCUT2D eigenvalue weighted by atomic mass is 9.99. The fourth-order valence-corrected chi connectivity index (χ4v) is 2.18. The normalized spacial score (nSPS) is 18.7. The van der Waals surface area contributed by atoms with Crippen molar-refractivity contribution in [3.63, 3.8) is 0 Å². The number of non-ortho nitro benzene ring substituents is 1. The Labute approximate surface area is 110 Å². The Bertz CT molecular complexity index is 533. The van der Waals surface area contributed by atoms with Gasteiger partial charge in [-0.15, -0.1) is 0 Å². The van der Waals surface area contributed by atoms with Gasteiger partial charge in [0, 0.05) is 30.8 Å². The number of piperidine rings is 1. The Kier molecular flexibility index (Phi) is 3.76. The highest BCUT2D eigenvalue weighted by atomic mass is 16.6. The predicted octanol–water partition coefficient (Wildman–Crippen LogP) is 1.97. The highest BCUT2D eigenvalue weighted by molar-refractivity contribution is 5.94. The van der Waals surface area contributed by atoms with Crippen LogP contribution in [0.2, 0.25) is 0 Å². The summed E-state index contributed by atoms with van der Waals surface area (Å²) in [5, 5.41) is 19.4. The smallest absolute Gasteiger partial charge is 0.269 e. The molecule has 0 bridgehead atoms. The highest BCUT2D eigenvalue weighted by Crippen LogP contribution is 2.19. The highest BCUT2D eigenvalue weighted by Gasteiger charge is 2.24. The first-order chi connectivity index (χ1) is 9.11. The van der Waals surface area contributed by atoms with Crippen molar-refractivity contribution in [1.82, 2.24) is 4.90 Å². The molecule has 19 heavy (non-hydrogen) atoms. The molecule has 1 atom stereocenters. The van der Waals surface area contributed by atoms with Gasteiger partial charge in [0.25, 0.3) is 11.6 Å². The zero-order valence-corrected chi connectivity index (χ0v) is 10.3. The van der Waals surface area contributed by atoms with Crippen molar-refractivity contribution >= 4 is 11.6 Å². The van der Waals surface area contributed by atoms with Crippen molar-refractivity contribution in [3.8, 4) is 6.07 Å².